The van der Waals surface area contributed by atoms with Gasteiger partial charge in [0.25, 0.3) is 0 Å². The van der Waals surface area contributed by atoms with Crippen LogP contribution in [0.2, 0.25) is 0 Å². The predicted molar refractivity (Wildman–Crippen MR) is 73.5 cm³/mol. The maximum atomic E-state index is 14.5. The lowest BCUT2D eigenvalue weighted by molar-refractivity contribution is -0.356. The molecule has 0 atom stereocenters. The van der Waals surface area contributed by atoms with Crippen LogP contribution in [-0.4, -0.2) is 27.1 Å². The van der Waals surface area contributed by atoms with Gasteiger partial charge in [-0.3, -0.25) is 4.98 Å². The van der Waals surface area contributed by atoms with Gasteiger partial charge >= 0.3 is 6.97 Å². The zero-order chi connectivity index (χ0) is 13.7. The number of hydrogen-bond donors (Lipinski definition) is 0. The van der Waals surface area contributed by atoms with Crippen molar-refractivity contribution >= 4 is 18.8 Å². The Hall–Kier alpha value is -2.50. The molecule has 0 unspecified atom stereocenters. The number of nitrogens with zero attached hydrogens (tertiary/aromatic N) is 3. The van der Waals surface area contributed by atoms with Gasteiger partial charge in [-0.15, -0.1) is 0 Å². The van der Waals surface area contributed by atoms with Crippen molar-refractivity contribution in [1.29, 1.82) is 0 Å². The molecule has 2 aliphatic rings. The second kappa shape index (κ2) is 3.76. The van der Waals surface area contributed by atoms with Crippen LogP contribution in [0.5, 0.6) is 0 Å². The van der Waals surface area contributed by atoms with Gasteiger partial charge in [0, 0.05) is 30.2 Å². The van der Waals surface area contributed by atoms with E-state index in [9.17, 15) is 8.63 Å². The molecule has 20 heavy (non-hydrogen) atoms. The number of rotatable bonds is 1. The summed E-state index contributed by atoms with van der Waals surface area (Å²) in [7, 11) is 0. The minimum absolute atomic E-state index is 0.535. The number of aromatic nitrogens is 2. The molecule has 6 heteroatoms. The Labute approximate surface area is 114 Å². The minimum atomic E-state index is -3.82. The summed E-state index contributed by atoms with van der Waals surface area (Å²) in [5.74, 6) is 0. The van der Waals surface area contributed by atoms with Crippen LogP contribution in [0.25, 0.3) is 5.57 Å². The minimum Gasteiger partial charge on any atom is -0.396 e. The Morgan fingerprint density at radius 1 is 1.15 bits per heavy atom. The molecule has 0 fully saturated rings. The molecule has 4 rings (SSSR count). The molecule has 0 aromatic carbocycles. The fraction of sp³-hybridized carbons (Fsp3) is 0. The zero-order valence-electron chi connectivity index (χ0n) is 10.4. The lowest BCUT2D eigenvalue weighted by atomic mass is 9.87. The molecule has 2 aromatic heterocycles. The van der Waals surface area contributed by atoms with Gasteiger partial charge in [0.2, 0.25) is 0 Å². The SMILES string of the molecule is F[B-]1(F)n2cccc2C(c2ccncc2)=C2C=CC=[N+]21. The second-order valence-electron chi connectivity index (χ2n) is 4.80. The van der Waals surface area contributed by atoms with Gasteiger partial charge in [-0.1, -0.05) is 0 Å². The number of hydrogen-bond acceptors (Lipinski definition) is 1. The number of allylic oxidation sites excluding steroid dienone is 2. The average molecular weight is 269 g/mol. The molecule has 0 radical (unpaired) electrons. The molecule has 3 nitrogen and oxygen atoms in total. The Balaban J connectivity index is 2.07. The van der Waals surface area contributed by atoms with Crippen molar-refractivity contribution in [2.24, 2.45) is 0 Å². The fourth-order valence-corrected chi connectivity index (χ4v) is 2.83. The highest BCUT2D eigenvalue weighted by Crippen LogP contribution is 2.37. The summed E-state index contributed by atoms with van der Waals surface area (Å²) < 4.78 is 31.1. The monoisotopic (exact) mass is 269 g/mol. The van der Waals surface area contributed by atoms with Crippen LogP contribution in [0.15, 0.2) is 60.7 Å². The van der Waals surface area contributed by atoms with Crippen LogP contribution in [0.1, 0.15) is 11.3 Å². The largest absolute Gasteiger partial charge is 0.737 e. The van der Waals surface area contributed by atoms with Crippen molar-refractivity contribution in [2.75, 3.05) is 0 Å². The molecule has 0 spiro atoms. The highest BCUT2D eigenvalue weighted by atomic mass is 19.2. The van der Waals surface area contributed by atoms with E-state index in [1.807, 2.05) is 12.1 Å². The van der Waals surface area contributed by atoms with Crippen LogP contribution in [0.3, 0.4) is 0 Å². The molecule has 0 saturated heterocycles. The van der Waals surface area contributed by atoms with Crippen molar-refractivity contribution in [3.05, 3.63) is 72.0 Å². The molecule has 0 amide bonds. The number of pyridine rings is 1. The first-order chi connectivity index (χ1) is 9.69. The maximum Gasteiger partial charge on any atom is 0.737 e. The van der Waals surface area contributed by atoms with Gasteiger partial charge in [0.15, 0.2) is 5.70 Å². The van der Waals surface area contributed by atoms with Gasteiger partial charge in [-0.05, 0) is 36.0 Å². The smallest absolute Gasteiger partial charge is 0.396 e. The molecule has 2 aliphatic heterocycles. The fourth-order valence-electron chi connectivity index (χ4n) is 2.83. The van der Waals surface area contributed by atoms with Gasteiger partial charge in [-0.25, -0.2) is 0 Å². The van der Waals surface area contributed by atoms with Crippen LogP contribution in [0, 0.1) is 0 Å². The Kier molecular flexibility index (Phi) is 2.13. The molecule has 0 bridgehead atoms. The Bertz CT molecular complexity index is 788. The van der Waals surface area contributed by atoms with Crippen molar-refractivity contribution in [1.82, 2.24) is 9.46 Å². The van der Waals surface area contributed by atoms with E-state index in [1.54, 1.807) is 36.7 Å². The van der Waals surface area contributed by atoms with Crippen molar-refractivity contribution in [2.45, 2.75) is 0 Å². The summed E-state index contributed by atoms with van der Waals surface area (Å²) in [5, 5.41) is 0. The molecule has 4 heterocycles. The van der Waals surface area contributed by atoms with Crippen molar-refractivity contribution in [3.8, 4) is 0 Å². The third-order valence-corrected chi connectivity index (χ3v) is 3.71. The van der Waals surface area contributed by atoms with Crippen LogP contribution in [0.4, 0.5) is 8.63 Å². The van der Waals surface area contributed by atoms with Crippen LogP contribution in [-0.2, 0) is 0 Å². The average Bonchev–Trinajstić information content (AvgIpc) is 3.09. The van der Waals surface area contributed by atoms with E-state index >= 15 is 0 Å². The van der Waals surface area contributed by atoms with E-state index in [1.165, 1.54) is 12.4 Å². The Morgan fingerprint density at radius 3 is 2.75 bits per heavy atom. The first kappa shape index (κ1) is 11.3. The van der Waals surface area contributed by atoms with E-state index in [-0.39, 0.29) is 0 Å². The first-order valence-corrected chi connectivity index (χ1v) is 6.34. The summed E-state index contributed by atoms with van der Waals surface area (Å²) in [4.78, 5) is 3.98. The van der Waals surface area contributed by atoms with E-state index in [0.29, 0.717) is 11.4 Å². The van der Waals surface area contributed by atoms with Crippen LogP contribution < -0.4 is 0 Å². The zero-order valence-corrected chi connectivity index (χ0v) is 10.4. The maximum absolute atomic E-state index is 14.5. The third kappa shape index (κ3) is 1.33. The topological polar surface area (TPSA) is 20.8 Å². The van der Waals surface area contributed by atoms with Gasteiger partial charge < -0.3 is 17.6 Å². The van der Waals surface area contributed by atoms with Gasteiger partial charge in [0.05, 0.1) is 5.57 Å². The predicted octanol–water partition coefficient (Wildman–Crippen LogP) is 2.53. The molecular weight excluding hydrogens is 259 g/mol. The summed E-state index contributed by atoms with van der Waals surface area (Å²) in [6.45, 7) is -3.82. The quantitative estimate of drug-likeness (QED) is 0.729. The summed E-state index contributed by atoms with van der Waals surface area (Å²) >= 11 is 0. The molecule has 0 N–H and O–H groups in total. The molecule has 98 valence electrons. The standard InChI is InChI=1S/C14H10BF2N3/c16-15(17)19-9-1-3-12(19)14(11-5-7-18-8-6-11)13-4-2-10-20(13)15/h1-10H. The van der Waals surface area contributed by atoms with Crippen molar-refractivity contribution in [3.63, 3.8) is 0 Å². The van der Waals surface area contributed by atoms with E-state index in [0.717, 1.165) is 20.1 Å². The molecular formula is C14H10BF2N3. The molecule has 0 aliphatic carbocycles. The van der Waals surface area contributed by atoms with Gasteiger partial charge in [0.1, 0.15) is 6.21 Å². The summed E-state index contributed by atoms with van der Waals surface area (Å²) in [5.41, 5.74) is 2.75. The third-order valence-electron chi connectivity index (χ3n) is 3.71. The van der Waals surface area contributed by atoms with Crippen molar-refractivity contribution < 1.29 is 13.1 Å². The highest BCUT2D eigenvalue weighted by molar-refractivity contribution is 6.57. The lowest BCUT2D eigenvalue weighted by Gasteiger charge is -2.30. The summed E-state index contributed by atoms with van der Waals surface area (Å²) in [6, 6.07) is 7.04. The first-order valence-electron chi connectivity index (χ1n) is 6.34. The normalized spacial score (nSPS) is 18.8. The summed E-state index contributed by atoms with van der Waals surface area (Å²) in [6.07, 6.45) is 9.57. The highest BCUT2D eigenvalue weighted by Gasteiger charge is 2.51. The van der Waals surface area contributed by atoms with Crippen LogP contribution >= 0.6 is 0 Å². The number of fused-ring (bicyclic) bond motifs is 2. The van der Waals surface area contributed by atoms with E-state index < -0.39 is 6.97 Å². The lowest BCUT2D eigenvalue weighted by Crippen LogP contribution is -2.49. The second-order valence-corrected chi connectivity index (χ2v) is 4.80. The molecule has 0 saturated carbocycles. The van der Waals surface area contributed by atoms with E-state index in [4.69, 9.17) is 0 Å². The van der Waals surface area contributed by atoms with E-state index in [2.05, 4.69) is 4.98 Å². The van der Waals surface area contributed by atoms with Gasteiger partial charge in [-0.2, -0.15) is 0 Å². The number of halogens is 2. The Morgan fingerprint density at radius 2 is 1.95 bits per heavy atom. The molecule has 2 aromatic rings.